The van der Waals surface area contributed by atoms with Crippen LogP contribution < -0.4 is 10.6 Å². The number of anilines is 1. The minimum Gasteiger partial charge on any atom is -0.339 e. The minimum absolute atomic E-state index is 0.0575. The van der Waals surface area contributed by atoms with Gasteiger partial charge in [0.2, 0.25) is 11.9 Å². The maximum atomic E-state index is 12.9. The SMILES string of the molecule is CCCn1c(NC(=O)C(NC(=O)c2cccs2)C(C)C)nc2ccccc21. The average Bonchev–Trinajstić information content (AvgIpc) is 3.28. The molecule has 2 aromatic heterocycles. The van der Waals surface area contributed by atoms with Crippen LogP contribution in [0.25, 0.3) is 11.0 Å². The van der Waals surface area contributed by atoms with Crippen molar-refractivity contribution in [1.82, 2.24) is 14.9 Å². The molecule has 0 aliphatic heterocycles. The molecule has 2 heterocycles. The Morgan fingerprint density at radius 1 is 1.19 bits per heavy atom. The molecule has 0 saturated heterocycles. The Morgan fingerprint density at radius 2 is 1.96 bits per heavy atom. The van der Waals surface area contributed by atoms with Crippen LogP contribution in [0.15, 0.2) is 41.8 Å². The molecule has 1 aromatic carbocycles. The predicted molar refractivity (Wildman–Crippen MR) is 109 cm³/mol. The molecule has 2 amide bonds. The number of fused-ring (bicyclic) bond motifs is 1. The second-order valence-corrected chi connectivity index (χ2v) is 7.69. The molecule has 0 aliphatic carbocycles. The number of rotatable bonds is 7. The summed E-state index contributed by atoms with van der Waals surface area (Å²) in [7, 11) is 0. The van der Waals surface area contributed by atoms with Crippen molar-refractivity contribution in [3.8, 4) is 0 Å². The van der Waals surface area contributed by atoms with Gasteiger partial charge in [0.05, 0.1) is 15.9 Å². The zero-order valence-electron chi connectivity index (χ0n) is 15.7. The molecule has 0 spiro atoms. The summed E-state index contributed by atoms with van der Waals surface area (Å²) in [6.45, 7) is 6.66. The number of amides is 2. The Balaban J connectivity index is 1.82. The van der Waals surface area contributed by atoms with Gasteiger partial charge in [-0.1, -0.05) is 39.0 Å². The van der Waals surface area contributed by atoms with Gasteiger partial charge in [0.25, 0.3) is 5.91 Å². The zero-order valence-corrected chi connectivity index (χ0v) is 16.5. The van der Waals surface area contributed by atoms with Crippen molar-refractivity contribution in [2.24, 2.45) is 5.92 Å². The molecule has 0 radical (unpaired) electrons. The summed E-state index contributed by atoms with van der Waals surface area (Å²) in [5.74, 6) is -0.0412. The van der Waals surface area contributed by atoms with E-state index < -0.39 is 6.04 Å². The standard InChI is InChI=1S/C20H24N4O2S/c1-4-11-24-15-9-6-5-8-14(15)21-20(24)23-19(26)17(13(2)3)22-18(25)16-10-7-12-27-16/h5-10,12-13,17H,4,11H2,1-3H3,(H,22,25)(H,21,23,26). The van der Waals surface area contributed by atoms with E-state index in [2.05, 4.69) is 22.5 Å². The van der Waals surface area contributed by atoms with Crippen LogP contribution in [-0.2, 0) is 11.3 Å². The molecule has 27 heavy (non-hydrogen) atoms. The first-order valence-corrected chi connectivity index (χ1v) is 9.99. The molecule has 6 nitrogen and oxygen atoms in total. The van der Waals surface area contributed by atoms with Gasteiger partial charge in [0, 0.05) is 6.54 Å². The minimum atomic E-state index is -0.644. The third-order valence-corrected chi connectivity index (χ3v) is 5.19. The lowest BCUT2D eigenvalue weighted by atomic mass is 10.0. The molecule has 3 rings (SSSR count). The molecule has 3 aromatic rings. The van der Waals surface area contributed by atoms with Gasteiger partial charge in [-0.2, -0.15) is 0 Å². The Labute approximate surface area is 162 Å². The van der Waals surface area contributed by atoms with Gasteiger partial charge < -0.3 is 9.88 Å². The summed E-state index contributed by atoms with van der Waals surface area (Å²) >= 11 is 1.35. The van der Waals surface area contributed by atoms with E-state index in [-0.39, 0.29) is 17.7 Å². The number of carbonyl (C=O) groups is 2. The fourth-order valence-corrected chi connectivity index (χ4v) is 3.59. The molecule has 2 N–H and O–H groups in total. The molecule has 1 unspecified atom stereocenters. The molecule has 1 atom stereocenters. The number of hydrogen-bond donors (Lipinski definition) is 2. The summed E-state index contributed by atoms with van der Waals surface area (Å²) in [5.41, 5.74) is 1.82. The summed E-state index contributed by atoms with van der Waals surface area (Å²) in [6, 6.07) is 10.7. The lowest BCUT2D eigenvalue weighted by Crippen LogP contribution is -2.47. The van der Waals surface area contributed by atoms with Gasteiger partial charge >= 0.3 is 0 Å². The Kier molecular flexibility index (Phi) is 5.91. The van der Waals surface area contributed by atoms with E-state index in [9.17, 15) is 9.59 Å². The van der Waals surface area contributed by atoms with Gasteiger partial charge in [-0.25, -0.2) is 4.98 Å². The number of aryl methyl sites for hydroxylation is 1. The van der Waals surface area contributed by atoms with E-state index in [1.165, 1.54) is 11.3 Å². The molecular formula is C20H24N4O2S. The van der Waals surface area contributed by atoms with Crippen LogP contribution in [-0.4, -0.2) is 27.4 Å². The number of nitrogens with zero attached hydrogens (tertiary/aromatic N) is 2. The monoisotopic (exact) mass is 384 g/mol. The lowest BCUT2D eigenvalue weighted by Gasteiger charge is -2.21. The molecule has 0 fully saturated rings. The fraction of sp³-hybridized carbons (Fsp3) is 0.350. The van der Waals surface area contributed by atoms with Crippen LogP contribution in [0, 0.1) is 5.92 Å². The first kappa shape index (κ1) is 19.1. The number of imidazole rings is 1. The Bertz CT molecular complexity index is 931. The normalized spacial score (nSPS) is 12.3. The van der Waals surface area contributed by atoms with Crippen LogP contribution in [0.5, 0.6) is 0 Å². The van der Waals surface area contributed by atoms with E-state index in [0.29, 0.717) is 10.8 Å². The van der Waals surface area contributed by atoms with Crippen molar-refractivity contribution in [1.29, 1.82) is 0 Å². The number of hydrogen-bond acceptors (Lipinski definition) is 4. The van der Waals surface area contributed by atoms with E-state index in [1.807, 2.05) is 54.1 Å². The summed E-state index contributed by atoms with van der Waals surface area (Å²) in [5, 5.41) is 7.60. The molecular weight excluding hydrogens is 360 g/mol. The van der Waals surface area contributed by atoms with Gasteiger partial charge in [-0.05, 0) is 35.9 Å². The van der Waals surface area contributed by atoms with Crippen molar-refractivity contribution in [2.45, 2.75) is 39.8 Å². The van der Waals surface area contributed by atoms with Gasteiger partial charge in [-0.15, -0.1) is 11.3 Å². The molecule has 0 aliphatic rings. The number of para-hydroxylation sites is 2. The molecule has 142 valence electrons. The van der Waals surface area contributed by atoms with Crippen LogP contribution in [0.3, 0.4) is 0 Å². The average molecular weight is 385 g/mol. The smallest absolute Gasteiger partial charge is 0.262 e. The summed E-state index contributed by atoms with van der Waals surface area (Å²) < 4.78 is 2.01. The quantitative estimate of drug-likeness (QED) is 0.649. The molecule has 0 bridgehead atoms. The fourth-order valence-electron chi connectivity index (χ4n) is 2.96. The largest absolute Gasteiger partial charge is 0.339 e. The van der Waals surface area contributed by atoms with Crippen molar-refractivity contribution in [3.63, 3.8) is 0 Å². The first-order valence-electron chi connectivity index (χ1n) is 9.11. The highest BCUT2D eigenvalue weighted by atomic mass is 32.1. The van der Waals surface area contributed by atoms with E-state index in [4.69, 9.17) is 0 Å². The number of thiophene rings is 1. The third-order valence-electron chi connectivity index (χ3n) is 4.32. The van der Waals surface area contributed by atoms with Gasteiger partial charge in [-0.3, -0.25) is 14.9 Å². The number of aromatic nitrogens is 2. The van der Waals surface area contributed by atoms with Gasteiger partial charge in [0.1, 0.15) is 6.04 Å². The van der Waals surface area contributed by atoms with Crippen molar-refractivity contribution in [3.05, 3.63) is 46.7 Å². The Morgan fingerprint density at radius 3 is 2.63 bits per heavy atom. The second-order valence-electron chi connectivity index (χ2n) is 6.74. The van der Waals surface area contributed by atoms with Crippen LogP contribution in [0.1, 0.15) is 36.9 Å². The maximum absolute atomic E-state index is 12.9. The van der Waals surface area contributed by atoms with Crippen molar-refractivity contribution < 1.29 is 9.59 Å². The number of benzene rings is 1. The lowest BCUT2D eigenvalue weighted by molar-refractivity contribution is -0.118. The van der Waals surface area contributed by atoms with Crippen molar-refractivity contribution >= 4 is 40.1 Å². The third kappa shape index (κ3) is 4.19. The van der Waals surface area contributed by atoms with E-state index in [0.717, 1.165) is 24.0 Å². The second kappa shape index (κ2) is 8.35. The van der Waals surface area contributed by atoms with Crippen LogP contribution in [0.2, 0.25) is 0 Å². The zero-order chi connectivity index (χ0) is 19.4. The highest BCUT2D eigenvalue weighted by Crippen LogP contribution is 2.21. The Hall–Kier alpha value is -2.67. The molecule has 0 saturated carbocycles. The highest BCUT2D eigenvalue weighted by Gasteiger charge is 2.26. The van der Waals surface area contributed by atoms with Crippen LogP contribution in [0.4, 0.5) is 5.95 Å². The highest BCUT2D eigenvalue weighted by molar-refractivity contribution is 7.12. The van der Waals surface area contributed by atoms with Crippen molar-refractivity contribution in [2.75, 3.05) is 5.32 Å². The van der Waals surface area contributed by atoms with E-state index >= 15 is 0 Å². The van der Waals surface area contributed by atoms with Gasteiger partial charge in [0.15, 0.2) is 0 Å². The maximum Gasteiger partial charge on any atom is 0.262 e. The first-order chi connectivity index (χ1) is 13.0. The predicted octanol–water partition coefficient (Wildman–Crippen LogP) is 3.90. The van der Waals surface area contributed by atoms with E-state index in [1.54, 1.807) is 6.07 Å². The topological polar surface area (TPSA) is 76.0 Å². The number of nitrogens with one attached hydrogen (secondary N) is 2. The molecule has 7 heteroatoms. The summed E-state index contributed by atoms with van der Waals surface area (Å²) in [6.07, 6.45) is 0.923. The summed E-state index contributed by atoms with van der Waals surface area (Å²) in [4.78, 5) is 30.5. The van der Waals surface area contributed by atoms with Crippen LogP contribution >= 0.6 is 11.3 Å². The number of carbonyl (C=O) groups excluding carboxylic acids is 2.